The predicted octanol–water partition coefficient (Wildman–Crippen LogP) is 2.42. The van der Waals surface area contributed by atoms with Crippen LogP contribution in [0.15, 0.2) is 35.6 Å². The number of hydrogen-bond donors (Lipinski definition) is 3. The van der Waals surface area contributed by atoms with Crippen LogP contribution in [0.25, 0.3) is 11.4 Å². The van der Waals surface area contributed by atoms with Gasteiger partial charge in [0.05, 0.1) is 6.54 Å². The van der Waals surface area contributed by atoms with Gasteiger partial charge >= 0.3 is 0 Å². The number of aliphatic imine (C=N–C) groups is 1. The standard InChI is InChI=1S/C17H24N6S/c1-2-18-17(20-11-15-7-4-8-24-15)19-10-13-5-3-6-14(9-13)16-21-12-22-23-16/h3,5-6,9,12,15H,2,4,7-8,10-11H2,1H3,(H2,18,19,20)(H,21,22,23). The SMILES string of the molecule is CCNC(=NCc1cccc(-c2ncn[nH]2)c1)NCC1CCCS1. The Balaban J connectivity index is 1.61. The molecular weight excluding hydrogens is 320 g/mol. The number of nitrogens with zero attached hydrogens (tertiary/aromatic N) is 3. The fraction of sp³-hybridized carbons (Fsp3) is 0.471. The average Bonchev–Trinajstić information content (AvgIpc) is 3.31. The van der Waals surface area contributed by atoms with Gasteiger partial charge in [-0.1, -0.05) is 18.2 Å². The van der Waals surface area contributed by atoms with E-state index >= 15 is 0 Å². The molecule has 128 valence electrons. The van der Waals surface area contributed by atoms with Gasteiger partial charge in [-0.25, -0.2) is 9.98 Å². The molecule has 0 aliphatic carbocycles. The van der Waals surface area contributed by atoms with Gasteiger partial charge in [0.1, 0.15) is 6.33 Å². The van der Waals surface area contributed by atoms with Crippen molar-refractivity contribution >= 4 is 17.7 Å². The molecule has 1 unspecified atom stereocenters. The van der Waals surface area contributed by atoms with Crippen molar-refractivity contribution in [2.24, 2.45) is 4.99 Å². The molecule has 0 saturated carbocycles. The number of aromatic amines is 1. The number of H-pyrrole nitrogens is 1. The minimum atomic E-state index is 0.634. The van der Waals surface area contributed by atoms with E-state index in [-0.39, 0.29) is 0 Å². The topological polar surface area (TPSA) is 78.0 Å². The number of nitrogens with one attached hydrogen (secondary N) is 3. The van der Waals surface area contributed by atoms with Crippen LogP contribution in [-0.2, 0) is 6.54 Å². The summed E-state index contributed by atoms with van der Waals surface area (Å²) >= 11 is 2.06. The summed E-state index contributed by atoms with van der Waals surface area (Å²) in [5, 5.41) is 14.3. The van der Waals surface area contributed by atoms with E-state index in [1.807, 2.05) is 12.1 Å². The molecule has 0 amide bonds. The summed E-state index contributed by atoms with van der Waals surface area (Å²) in [5.41, 5.74) is 2.18. The highest BCUT2D eigenvalue weighted by Crippen LogP contribution is 2.25. The van der Waals surface area contributed by atoms with Gasteiger partial charge in [0.2, 0.25) is 0 Å². The molecule has 0 bridgehead atoms. The van der Waals surface area contributed by atoms with E-state index in [0.717, 1.165) is 36.0 Å². The third-order valence-corrected chi connectivity index (χ3v) is 5.30. The third kappa shape index (κ3) is 4.74. The molecule has 6 nitrogen and oxygen atoms in total. The first-order valence-electron chi connectivity index (χ1n) is 8.43. The molecule has 1 aliphatic heterocycles. The van der Waals surface area contributed by atoms with Crippen molar-refractivity contribution in [3.63, 3.8) is 0 Å². The van der Waals surface area contributed by atoms with Gasteiger partial charge in [0.15, 0.2) is 11.8 Å². The zero-order valence-electron chi connectivity index (χ0n) is 14.0. The first-order chi connectivity index (χ1) is 11.8. The number of hydrogen-bond acceptors (Lipinski definition) is 4. The van der Waals surface area contributed by atoms with Crippen LogP contribution in [0, 0.1) is 0 Å². The lowest BCUT2D eigenvalue weighted by molar-refractivity contribution is 0.727. The zero-order valence-corrected chi connectivity index (χ0v) is 14.8. The van der Waals surface area contributed by atoms with Crippen LogP contribution in [-0.4, -0.2) is 45.2 Å². The highest BCUT2D eigenvalue weighted by atomic mass is 32.2. The fourth-order valence-electron chi connectivity index (χ4n) is 2.69. The van der Waals surface area contributed by atoms with Gasteiger partial charge < -0.3 is 10.6 Å². The number of aromatic nitrogens is 3. The van der Waals surface area contributed by atoms with Crippen molar-refractivity contribution in [2.75, 3.05) is 18.8 Å². The lowest BCUT2D eigenvalue weighted by Crippen LogP contribution is -2.40. The van der Waals surface area contributed by atoms with Crippen LogP contribution in [0.3, 0.4) is 0 Å². The molecular formula is C17H24N6S. The van der Waals surface area contributed by atoms with Crippen molar-refractivity contribution in [2.45, 2.75) is 31.6 Å². The second-order valence-corrected chi connectivity index (χ2v) is 7.15. The van der Waals surface area contributed by atoms with E-state index in [0.29, 0.717) is 11.8 Å². The quantitative estimate of drug-likeness (QED) is 0.554. The minimum Gasteiger partial charge on any atom is -0.357 e. The molecule has 0 spiro atoms. The highest BCUT2D eigenvalue weighted by molar-refractivity contribution is 8.00. The molecule has 3 N–H and O–H groups in total. The van der Waals surface area contributed by atoms with E-state index < -0.39 is 0 Å². The van der Waals surface area contributed by atoms with Crippen molar-refractivity contribution in [1.82, 2.24) is 25.8 Å². The molecule has 2 heterocycles. The van der Waals surface area contributed by atoms with Gasteiger partial charge in [-0.3, -0.25) is 5.10 Å². The molecule has 24 heavy (non-hydrogen) atoms. The minimum absolute atomic E-state index is 0.634. The predicted molar refractivity (Wildman–Crippen MR) is 100 cm³/mol. The lowest BCUT2D eigenvalue weighted by Gasteiger charge is -2.14. The smallest absolute Gasteiger partial charge is 0.191 e. The molecule has 1 aromatic carbocycles. The molecule has 1 aromatic heterocycles. The van der Waals surface area contributed by atoms with E-state index in [4.69, 9.17) is 4.99 Å². The maximum absolute atomic E-state index is 4.71. The molecule has 2 aromatic rings. The van der Waals surface area contributed by atoms with Gasteiger partial charge in [0, 0.05) is 23.9 Å². The van der Waals surface area contributed by atoms with Crippen LogP contribution in [0.1, 0.15) is 25.3 Å². The molecule has 1 atom stereocenters. The second-order valence-electron chi connectivity index (χ2n) is 5.75. The summed E-state index contributed by atoms with van der Waals surface area (Å²) in [5.74, 6) is 2.95. The van der Waals surface area contributed by atoms with Crippen LogP contribution in [0.4, 0.5) is 0 Å². The number of guanidine groups is 1. The van der Waals surface area contributed by atoms with Crippen LogP contribution >= 0.6 is 11.8 Å². The maximum Gasteiger partial charge on any atom is 0.191 e. The summed E-state index contributed by atoms with van der Waals surface area (Å²) in [6, 6.07) is 8.23. The summed E-state index contributed by atoms with van der Waals surface area (Å²) in [6.07, 6.45) is 4.16. The van der Waals surface area contributed by atoms with Crippen molar-refractivity contribution in [1.29, 1.82) is 0 Å². The Morgan fingerprint density at radius 3 is 3.12 bits per heavy atom. The first-order valence-corrected chi connectivity index (χ1v) is 9.48. The van der Waals surface area contributed by atoms with Gasteiger partial charge in [-0.2, -0.15) is 16.9 Å². The van der Waals surface area contributed by atoms with Crippen molar-refractivity contribution in [3.05, 3.63) is 36.2 Å². The molecule has 0 radical (unpaired) electrons. The van der Waals surface area contributed by atoms with Crippen LogP contribution in [0.2, 0.25) is 0 Å². The van der Waals surface area contributed by atoms with Crippen molar-refractivity contribution in [3.8, 4) is 11.4 Å². The van der Waals surface area contributed by atoms with Crippen LogP contribution < -0.4 is 10.6 Å². The molecule has 1 aliphatic rings. The van der Waals surface area contributed by atoms with Crippen molar-refractivity contribution < 1.29 is 0 Å². The Kier molecular flexibility index (Phi) is 6.12. The summed E-state index contributed by atoms with van der Waals surface area (Å²) in [7, 11) is 0. The molecule has 1 saturated heterocycles. The Labute approximate surface area is 147 Å². The Hall–Kier alpha value is -2.02. The Morgan fingerprint density at radius 2 is 2.38 bits per heavy atom. The van der Waals surface area contributed by atoms with E-state index in [2.05, 4.69) is 56.6 Å². The zero-order chi connectivity index (χ0) is 16.6. The normalized spacial score (nSPS) is 17.9. The third-order valence-electron chi connectivity index (χ3n) is 3.90. The van der Waals surface area contributed by atoms with E-state index in [9.17, 15) is 0 Å². The Bertz CT molecular complexity index is 649. The van der Waals surface area contributed by atoms with E-state index in [1.54, 1.807) is 0 Å². The average molecular weight is 344 g/mol. The number of rotatable bonds is 6. The lowest BCUT2D eigenvalue weighted by atomic mass is 10.1. The molecule has 3 rings (SSSR count). The summed E-state index contributed by atoms with van der Waals surface area (Å²) in [6.45, 7) is 4.57. The number of thioether (sulfide) groups is 1. The largest absolute Gasteiger partial charge is 0.357 e. The second kappa shape index (κ2) is 8.73. The molecule has 1 fully saturated rings. The highest BCUT2D eigenvalue weighted by Gasteiger charge is 2.15. The number of benzene rings is 1. The maximum atomic E-state index is 4.71. The Morgan fingerprint density at radius 1 is 1.42 bits per heavy atom. The fourth-order valence-corrected chi connectivity index (χ4v) is 3.89. The summed E-state index contributed by atoms with van der Waals surface area (Å²) < 4.78 is 0. The van der Waals surface area contributed by atoms with Gasteiger partial charge in [0.25, 0.3) is 0 Å². The van der Waals surface area contributed by atoms with Crippen LogP contribution in [0.5, 0.6) is 0 Å². The first kappa shape index (κ1) is 16.8. The monoisotopic (exact) mass is 344 g/mol. The van der Waals surface area contributed by atoms with Gasteiger partial charge in [-0.15, -0.1) is 0 Å². The summed E-state index contributed by atoms with van der Waals surface area (Å²) in [4.78, 5) is 8.90. The van der Waals surface area contributed by atoms with Gasteiger partial charge in [-0.05, 0) is 37.1 Å². The van der Waals surface area contributed by atoms with E-state index in [1.165, 1.54) is 24.9 Å². The molecule has 7 heteroatoms.